The van der Waals surface area contributed by atoms with Crippen LogP contribution in [0.1, 0.15) is 31.4 Å². The summed E-state index contributed by atoms with van der Waals surface area (Å²) in [7, 11) is 0. The Hall–Kier alpha value is -2.77. The van der Waals surface area contributed by atoms with Crippen molar-refractivity contribution < 1.29 is 4.79 Å². The first-order chi connectivity index (χ1) is 13.2. The monoisotopic (exact) mass is 367 g/mol. The fourth-order valence-electron chi connectivity index (χ4n) is 3.72. The number of nitrogens with one attached hydrogen (secondary N) is 1. The number of piperidine rings is 1. The van der Waals surface area contributed by atoms with E-state index in [-0.39, 0.29) is 11.8 Å². The fraction of sp³-hybridized carbons (Fsp3) is 0.526. The lowest BCUT2D eigenvalue weighted by atomic mass is 9.97. The average Bonchev–Trinajstić information content (AvgIpc) is 3.24. The highest BCUT2D eigenvalue weighted by Gasteiger charge is 2.27. The molecule has 142 valence electrons. The van der Waals surface area contributed by atoms with Crippen LogP contribution in [0.15, 0.2) is 24.5 Å². The maximum atomic E-state index is 12.8. The van der Waals surface area contributed by atoms with Gasteiger partial charge in [-0.2, -0.15) is 5.10 Å². The highest BCUT2D eigenvalue weighted by molar-refractivity contribution is 5.92. The third kappa shape index (κ3) is 4.15. The summed E-state index contributed by atoms with van der Waals surface area (Å²) in [6.07, 6.45) is 5.72. The molecule has 8 heteroatoms. The van der Waals surface area contributed by atoms with E-state index in [2.05, 4.69) is 35.3 Å². The standard InChI is InChI=1S/C19H25N7O/c1-14-6-7-17(24-23-14)26-10-4-5-15(12-26)19(27)22-16-11-18(21-13-20-16)25-8-2-3-9-25/h6-7,11,13,15H,2-5,8-10,12H2,1H3,(H,20,21,22,27). The van der Waals surface area contributed by atoms with Crippen LogP contribution < -0.4 is 15.1 Å². The summed E-state index contributed by atoms with van der Waals surface area (Å²) in [5, 5.41) is 11.4. The molecule has 27 heavy (non-hydrogen) atoms. The van der Waals surface area contributed by atoms with Crippen LogP contribution in [0.2, 0.25) is 0 Å². The number of carbonyl (C=O) groups excluding carboxylic acids is 1. The Morgan fingerprint density at radius 2 is 1.85 bits per heavy atom. The van der Waals surface area contributed by atoms with E-state index >= 15 is 0 Å². The van der Waals surface area contributed by atoms with Gasteiger partial charge >= 0.3 is 0 Å². The van der Waals surface area contributed by atoms with Crippen molar-refractivity contribution in [1.29, 1.82) is 0 Å². The van der Waals surface area contributed by atoms with Gasteiger partial charge in [-0.05, 0) is 44.7 Å². The molecule has 2 aliphatic rings. The molecule has 1 atom stereocenters. The highest BCUT2D eigenvalue weighted by atomic mass is 16.2. The van der Waals surface area contributed by atoms with Crippen molar-refractivity contribution in [3.8, 4) is 0 Å². The van der Waals surface area contributed by atoms with Crippen LogP contribution in [-0.4, -0.2) is 52.3 Å². The van der Waals surface area contributed by atoms with Gasteiger partial charge in [-0.25, -0.2) is 9.97 Å². The van der Waals surface area contributed by atoms with Gasteiger partial charge in [0.1, 0.15) is 18.0 Å². The molecule has 2 aromatic heterocycles. The van der Waals surface area contributed by atoms with E-state index in [1.54, 1.807) is 0 Å². The smallest absolute Gasteiger partial charge is 0.230 e. The minimum absolute atomic E-state index is 0.00541. The number of rotatable bonds is 4. The summed E-state index contributed by atoms with van der Waals surface area (Å²) in [6, 6.07) is 5.79. The lowest BCUT2D eigenvalue weighted by Gasteiger charge is -2.32. The number of hydrogen-bond donors (Lipinski definition) is 1. The lowest BCUT2D eigenvalue weighted by Crippen LogP contribution is -2.41. The first-order valence-electron chi connectivity index (χ1n) is 9.62. The Labute approximate surface area is 159 Å². The molecule has 0 spiro atoms. The Morgan fingerprint density at radius 3 is 2.63 bits per heavy atom. The molecule has 8 nitrogen and oxygen atoms in total. The fourth-order valence-corrected chi connectivity index (χ4v) is 3.72. The number of aromatic nitrogens is 4. The van der Waals surface area contributed by atoms with E-state index in [1.165, 1.54) is 19.2 Å². The summed E-state index contributed by atoms with van der Waals surface area (Å²) in [5.41, 5.74) is 0.891. The molecule has 2 aromatic rings. The molecule has 0 bridgehead atoms. The lowest BCUT2D eigenvalue weighted by molar-refractivity contribution is -0.120. The number of aryl methyl sites for hydroxylation is 1. The molecular formula is C19H25N7O. The van der Waals surface area contributed by atoms with Crippen LogP contribution in [0.3, 0.4) is 0 Å². The maximum absolute atomic E-state index is 12.8. The number of hydrogen-bond acceptors (Lipinski definition) is 7. The van der Waals surface area contributed by atoms with Crippen molar-refractivity contribution in [2.45, 2.75) is 32.6 Å². The molecular weight excluding hydrogens is 342 g/mol. The Kier molecular flexibility index (Phi) is 5.13. The van der Waals surface area contributed by atoms with E-state index in [0.29, 0.717) is 12.4 Å². The first kappa shape index (κ1) is 17.6. The minimum Gasteiger partial charge on any atom is -0.356 e. The van der Waals surface area contributed by atoms with Gasteiger partial charge in [0.25, 0.3) is 0 Å². The minimum atomic E-state index is -0.0907. The van der Waals surface area contributed by atoms with Crippen molar-refractivity contribution >= 4 is 23.4 Å². The van der Waals surface area contributed by atoms with E-state index in [9.17, 15) is 4.79 Å². The van der Waals surface area contributed by atoms with Gasteiger partial charge in [0.05, 0.1) is 11.6 Å². The predicted octanol–water partition coefficient (Wildman–Crippen LogP) is 2.03. The van der Waals surface area contributed by atoms with Gasteiger partial charge in [-0.15, -0.1) is 5.10 Å². The first-order valence-corrected chi connectivity index (χ1v) is 9.62. The van der Waals surface area contributed by atoms with E-state index in [4.69, 9.17) is 0 Å². The summed E-state index contributed by atoms with van der Waals surface area (Å²) >= 11 is 0. The van der Waals surface area contributed by atoms with Gasteiger partial charge in [0, 0.05) is 32.2 Å². The molecule has 1 N–H and O–H groups in total. The van der Waals surface area contributed by atoms with Gasteiger partial charge in [0.15, 0.2) is 5.82 Å². The number of anilines is 3. The second-order valence-electron chi connectivity index (χ2n) is 7.26. The second-order valence-corrected chi connectivity index (χ2v) is 7.26. The van der Waals surface area contributed by atoms with Gasteiger partial charge in [-0.3, -0.25) is 4.79 Å². The molecule has 4 heterocycles. The van der Waals surface area contributed by atoms with Crippen LogP contribution in [0, 0.1) is 12.8 Å². The highest BCUT2D eigenvalue weighted by Crippen LogP contribution is 2.23. The molecule has 2 aliphatic heterocycles. The maximum Gasteiger partial charge on any atom is 0.230 e. The van der Waals surface area contributed by atoms with E-state index < -0.39 is 0 Å². The normalized spacial score (nSPS) is 20.0. The quantitative estimate of drug-likeness (QED) is 0.885. The third-order valence-electron chi connectivity index (χ3n) is 5.23. The van der Waals surface area contributed by atoms with Crippen molar-refractivity contribution in [3.63, 3.8) is 0 Å². The molecule has 0 saturated carbocycles. The zero-order chi connectivity index (χ0) is 18.6. The predicted molar refractivity (Wildman–Crippen MR) is 104 cm³/mol. The van der Waals surface area contributed by atoms with Crippen LogP contribution in [0.5, 0.6) is 0 Å². The molecule has 1 unspecified atom stereocenters. The average molecular weight is 367 g/mol. The van der Waals surface area contributed by atoms with Crippen molar-refractivity contribution in [1.82, 2.24) is 20.2 Å². The second kappa shape index (κ2) is 7.85. The van der Waals surface area contributed by atoms with E-state index in [1.807, 2.05) is 25.1 Å². The van der Waals surface area contributed by atoms with Gasteiger partial charge < -0.3 is 15.1 Å². The third-order valence-corrected chi connectivity index (χ3v) is 5.23. The van der Waals surface area contributed by atoms with Crippen molar-refractivity contribution in [2.75, 3.05) is 41.3 Å². The SMILES string of the molecule is Cc1ccc(N2CCCC(C(=O)Nc3cc(N4CCCC4)ncn3)C2)nn1. The summed E-state index contributed by atoms with van der Waals surface area (Å²) in [6.45, 7) is 5.49. The van der Waals surface area contributed by atoms with Crippen LogP contribution in [0.4, 0.5) is 17.5 Å². The van der Waals surface area contributed by atoms with Crippen molar-refractivity contribution in [3.05, 3.63) is 30.2 Å². The Bertz CT molecular complexity index is 789. The van der Waals surface area contributed by atoms with Gasteiger partial charge in [-0.1, -0.05) is 0 Å². The number of amides is 1. The van der Waals surface area contributed by atoms with Crippen LogP contribution >= 0.6 is 0 Å². The molecule has 1 amide bonds. The topological polar surface area (TPSA) is 87.1 Å². The summed E-state index contributed by atoms with van der Waals surface area (Å²) in [4.78, 5) is 25.7. The van der Waals surface area contributed by atoms with Crippen LogP contribution in [-0.2, 0) is 4.79 Å². The van der Waals surface area contributed by atoms with E-state index in [0.717, 1.165) is 49.8 Å². The zero-order valence-electron chi connectivity index (χ0n) is 15.6. The largest absolute Gasteiger partial charge is 0.356 e. The number of carbonyl (C=O) groups is 1. The number of nitrogens with zero attached hydrogens (tertiary/aromatic N) is 6. The molecule has 0 aromatic carbocycles. The zero-order valence-corrected chi connectivity index (χ0v) is 15.6. The molecule has 0 radical (unpaired) electrons. The summed E-state index contributed by atoms with van der Waals surface area (Å²) in [5.74, 6) is 2.21. The Balaban J connectivity index is 1.40. The molecule has 2 fully saturated rings. The molecule has 2 saturated heterocycles. The molecule has 0 aliphatic carbocycles. The molecule has 4 rings (SSSR count). The van der Waals surface area contributed by atoms with Gasteiger partial charge in [0.2, 0.25) is 5.91 Å². The van der Waals surface area contributed by atoms with Crippen LogP contribution in [0.25, 0.3) is 0 Å². The summed E-state index contributed by atoms with van der Waals surface area (Å²) < 4.78 is 0. The van der Waals surface area contributed by atoms with Crippen molar-refractivity contribution in [2.24, 2.45) is 5.92 Å². The Morgan fingerprint density at radius 1 is 1.04 bits per heavy atom.